The lowest BCUT2D eigenvalue weighted by molar-refractivity contribution is 0.481. The number of hydrogen-bond acceptors (Lipinski definition) is 3. The molecule has 19 heavy (non-hydrogen) atoms. The van der Waals surface area contributed by atoms with Crippen LogP contribution in [-0.4, -0.2) is 11.8 Å². The number of benzene rings is 2. The van der Waals surface area contributed by atoms with Crippen molar-refractivity contribution in [2.24, 2.45) is 0 Å². The molecule has 0 saturated carbocycles. The fraction of sp³-hybridized carbons (Fsp3) is 0.250. The number of rotatable bonds is 3. The molecule has 1 heterocycles. The second-order valence-corrected chi connectivity index (χ2v) is 5.91. The molecule has 2 unspecified atom stereocenters. The van der Waals surface area contributed by atoms with Crippen LogP contribution in [0.15, 0.2) is 54.6 Å². The van der Waals surface area contributed by atoms with Crippen molar-refractivity contribution in [3.63, 3.8) is 0 Å². The monoisotopic (exact) mass is 271 g/mol. The van der Waals surface area contributed by atoms with Gasteiger partial charge in [-0.3, -0.25) is 5.32 Å². The van der Waals surface area contributed by atoms with Gasteiger partial charge in [0.15, 0.2) is 0 Å². The van der Waals surface area contributed by atoms with Gasteiger partial charge >= 0.3 is 0 Å². The number of para-hydroxylation sites is 1. The van der Waals surface area contributed by atoms with Gasteiger partial charge in [0.2, 0.25) is 0 Å². The van der Waals surface area contributed by atoms with Crippen LogP contribution in [0, 0.1) is 0 Å². The zero-order chi connectivity index (χ0) is 13.1. The summed E-state index contributed by atoms with van der Waals surface area (Å²) in [6, 6.07) is 18.8. The first-order valence-electron chi connectivity index (χ1n) is 6.52. The van der Waals surface area contributed by atoms with Crippen molar-refractivity contribution in [1.29, 1.82) is 0 Å². The van der Waals surface area contributed by atoms with Crippen LogP contribution >= 0.6 is 11.8 Å². The molecule has 0 bridgehead atoms. The molecule has 1 aliphatic heterocycles. The number of hydrogen-bond donors (Lipinski definition) is 1. The molecule has 0 spiro atoms. The fourth-order valence-corrected chi connectivity index (χ4v) is 3.40. The van der Waals surface area contributed by atoms with Crippen LogP contribution in [0.3, 0.4) is 0 Å². The van der Waals surface area contributed by atoms with Gasteiger partial charge in [0.05, 0.1) is 5.37 Å². The summed E-state index contributed by atoms with van der Waals surface area (Å²) >= 11 is 1.95. The van der Waals surface area contributed by atoms with Crippen LogP contribution < -0.4 is 10.1 Å². The van der Waals surface area contributed by atoms with Crippen molar-refractivity contribution < 1.29 is 4.74 Å². The van der Waals surface area contributed by atoms with Gasteiger partial charge in [-0.1, -0.05) is 30.3 Å². The molecular weight excluding hydrogens is 254 g/mol. The van der Waals surface area contributed by atoms with E-state index in [9.17, 15) is 0 Å². The number of thioether (sulfide) groups is 1. The van der Waals surface area contributed by atoms with Gasteiger partial charge in [-0.05, 0) is 36.8 Å². The van der Waals surface area contributed by atoms with Gasteiger partial charge in [0, 0.05) is 11.8 Å². The Balaban J connectivity index is 1.76. The molecule has 0 aromatic heterocycles. The smallest absolute Gasteiger partial charge is 0.127 e. The second-order valence-electron chi connectivity index (χ2n) is 4.77. The number of nitrogens with one attached hydrogen (secondary N) is 1. The van der Waals surface area contributed by atoms with Crippen molar-refractivity contribution in [2.75, 3.05) is 5.75 Å². The standard InChI is InChI=1S/C16H17NOS/c1-12-11-19-16(17-12)13-6-5-9-15(10-13)18-14-7-3-2-4-8-14/h2-10,12,16-17H,11H2,1H3. The van der Waals surface area contributed by atoms with E-state index in [4.69, 9.17) is 4.74 Å². The topological polar surface area (TPSA) is 21.3 Å². The number of ether oxygens (including phenoxy) is 1. The first-order valence-corrected chi connectivity index (χ1v) is 7.57. The highest BCUT2D eigenvalue weighted by molar-refractivity contribution is 7.99. The molecular formula is C16H17NOS. The highest BCUT2D eigenvalue weighted by atomic mass is 32.2. The third-order valence-electron chi connectivity index (χ3n) is 3.09. The van der Waals surface area contributed by atoms with Crippen LogP contribution in [0.25, 0.3) is 0 Å². The van der Waals surface area contributed by atoms with Crippen molar-refractivity contribution in [1.82, 2.24) is 5.32 Å². The molecule has 0 aliphatic carbocycles. The highest BCUT2D eigenvalue weighted by Crippen LogP contribution is 2.34. The quantitative estimate of drug-likeness (QED) is 0.904. The van der Waals surface area contributed by atoms with E-state index in [0.29, 0.717) is 11.4 Å². The lowest BCUT2D eigenvalue weighted by atomic mass is 10.2. The maximum atomic E-state index is 5.87. The predicted octanol–water partition coefficient (Wildman–Crippen LogP) is 4.20. The third-order valence-corrected chi connectivity index (χ3v) is 4.52. The molecule has 1 N–H and O–H groups in total. The molecule has 2 atom stereocenters. The van der Waals surface area contributed by atoms with E-state index < -0.39 is 0 Å². The summed E-state index contributed by atoms with van der Waals surface area (Å²) in [4.78, 5) is 0. The fourth-order valence-electron chi connectivity index (χ4n) is 2.15. The van der Waals surface area contributed by atoms with E-state index in [1.807, 2.05) is 48.2 Å². The lowest BCUT2D eigenvalue weighted by Gasteiger charge is -2.13. The van der Waals surface area contributed by atoms with Crippen molar-refractivity contribution >= 4 is 11.8 Å². The van der Waals surface area contributed by atoms with Gasteiger partial charge in [0.1, 0.15) is 11.5 Å². The normalized spacial score (nSPS) is 22.4. The molecule has 98 valence electrons. The minimum absolute atomic E-state index is 0.384. The molecule has 1 saturated heterocycles. The minimum Gasteiger partial charge on any atom is -0.457 e. The molecule has 3 rings (SSSR count). The summed E-state index contributed by atoms with van der Waals surface area (Å²) < 4.78 is 5.87. The summed E-state index contributed by atoms with van der Waals surface area (Å²) in [5.74, 6) is 2.93. The van der Waals surface area contributed by atoms with E-state index in [0.717, 1.165) is 17.3 Å². The van der Waals surface area contributed by atoms with Crippen molar-refractivity contribution in [2.45, 2.75) is 18.3 Å². The van der Waals surface area contributed by atoms with Crippen molar-refractivity contribution in [3.05, 3.63) is 60.2 Å². The first-order chi connectivity index (χ1) is 9.31. The maximum absolute atomic E-state index is 5.87. The Kier molecular flexibility index (Phi) is 3.76. The largest absolute Gasteiger partial charge is 0.457 e. The van der Waals surface area contributed by atoms with Crippen molar-refractivity contribution in [3.8, 4) is 11.5 Å². The Morgan fingerprint density at radius 3 is 2.58 bits per heavy atom. The summed E-state index contributed by atoms with van der Waals surface area (Å²) in [6.07, 6.45) is 0. The van der Waals surface area contributed by atoms with Gasteiger partial charge in [0.25, 0.3) is 0 Å². The molecule has 1 fully saturated rings. The highest BCUT2D eigenvalue weighted by Gasteiger charge is 2.22. The zero-order valence-corrected chi connectivity index (χ0v) is 11.7. The minimum atomic E-state index is 0.384. The molecule has 2 nitrogen and oxygen atoms in total. The average Bonchev–Trinajstić information content (AvgIpc) is 2.87. The first kappa shape index (κ1) is 12.6. The van der Waals surface area contributed by atoms with Crippen LogP contribution in [0.2, 0.25) is 0 Å². The van der Waals surface area contributed by atoms with E-state index in [2.05, 4.69) is 30.4 Å². The van der Waals surface area contributed by atoms with Gasteiger partial charge in [-0.2, -0.15) is 0 Å². The summed E-state index contributed by atoms with van der Waals surface area (Å²) in [6.45, 7) is 2.22. The summed E-state index contributed by atoms with van der Waals surface area (Å²) in [5, 5.41) is 3.95. The summed E-state index contributed by atoms with van der Waals surface area (Å²) in [5.41, 5.74) is 1.28. The van der Waals surface area contributed by atoms with Gasteiger partial charge < -0.3 is 4.74 Å². The Hall–Kier alpha value is -1.45. The summed E-state index contributed by atoms with van der Waals surface area (Å²) in [7, 11) is 0. The second kappa shape index (κ2) is 5.68. The molecule has 1 aliphatic rings. The molecule has 2 aromatic carbocycles. The Morgan fingerprint density at radius 2 is 1.84 bits per heavy atom. The Bertz CT molecular complexity index is 543. The molecule has 0 amide bonds. The Morgan fingerprint density at radius 1 is 1.05 bits per heavy atom. The van der Waals surface area contributed by atoms with Crippen LogP contribution in [0.4, 0.5) is 0 Å². The SMILES string of the molecule is CC1CSC(c2cccc(Oc3ccccc3)c2)N1. The Labute approximate surface area is 118 Å². The van der Waals surface area contributed by atoms with Crippen LogP contribution in [-0.2, 0) is 0 Å². The zero-order valence-electron chi connectivity index (χ0n) is 10.9. The van der Waals surface area contributed by atoms with Crippen LogP contribution in [0.5, 0.6) is 11.5 Å². The van der Waals surface area contributed by atoms with E-state index in [1.54, 1.807) is 0 Å². The maximum Gasteiger partial charge on any atom is 0.127 e. The molecule has 0 radical (unpaired) electrons. The van der Waals surface area contributed by atoms with E-state index >= 15 is 0 Å². The van der Waals surface area contributed by atoms with E-state index in [-0.39, 0.29) is 0 Å². The molecule has 2 aromatic rings. The van der Waals surface area contributed by atoms with E-state index in [1.165, 1.54) is 5.56 Å². The molecule has 3 heteroatoms. The average molecular weight is 271 g/mol. The lowest BCUT2D eigenvalue weighted by Crippen LogP contribution is -2.21. The van der Waals surface area contributed by atoms with Gasteiger partial charge in [-0.25, -0.2) is 0 Å². The van der Waals surface area contributed by atoms with Crippen LogP contribution in [0.1, 0.15) is 17.9 Å². The third kappa shape index (κ3) is 3.11. The van der Waals surface area contributed by atoms with Gasteiger partial charge in [-0.15, -0.1) is 11.8 Å². The predicted molar refractivity (Wildman–Crippen MR) is 80.8 cm³/mol.